The second-order valence-corrected chi connectivity index (χ2v) is 4.93. The Morgan fingerprint density at radius 2 is 2.06 bits per heavy atom. The molecule has 4 heteroatoms. The van der Waals surface area contributed by atoms with Crippen LogP contribution in [0.1, 0.15) is 20.8 Å². The van der Waals surface area contributed by atoms with E-state index in [1.54, 1.807) is 11.4 Å². The molecule has 82 valence electrons. The SMILES string of the molecule is Cc1cc(C(=O)c2ccc(Cl)c(F)c2)cs1. The lowest BCUT2D eigenvalue weighted by Crippen LogP contribution is -2.00. The standard InChI is InChI=1S/C12H8ClFOS/c1-7-4-9(6-16-7)12(15)8-2-3-10(13)11(14)5-8/h2-6H,1H3. The molecule has 0 amide bonds. The molecule has 1 heterocycles. The van der Waals surface area contributed by atoms with Crippen LogP contribution in [-0.2, 0) is 0 Å². The predicted molar refractivity (Wildman–Crippen MR) is 63.9 cm³/mol. The highest BCUT2D eigenvalue weighted by Gasteiger charge is 2.12. The Kier molecular flexibility index (Phi) is 3.08. The van der Waals surface area contributed by atoms with E-state index in [9.17, 15) is 9.18 Å². The van der Waals surface area contributed by atoms with Crippen LogP contribution in [-0.4, -0.2) is 5.78 Å². The van der Waals surface area contributed by atoms with Crippen LogP contribution in [0.2, 0.25) is 5.02 Å². The molecular weight excluding hydrogens is 247 g/mol. The summed E-state index contributed by atoms with van der Waals surface area (Å²) >= 11 is 7.05. The normalized spacial score (nSPS) is 10.4. The number of carbonyl (C=O) groups is 1. The van der Waals surface area contributed by atoms with Crippen molar-refractivity contribution in [1.82, 2.24) is 0 Å². The molecule has 0 bridgehead atoms. The van der Waals surface area contributed by atoms with Gasteiger partial charge in [-0.3, -0.25) is 4.79 Å². The largest absolute Gasteiger partial charge is 0.289 e. The van der Waals surface area contributed by atoms with Crippen LogP contribution < -0.4 is 0 Å². The number of hydrogen-bond donors (Lipinski definition) is 0. The summed E-state index contributed by atoms with van der Waals surface area (Å²) in [5, 5.41) is 1.79. The summed E-state index contributed by atoms with van der Waals surface area (Å²) in [4.78, 5) is 13.0. The number of hydrogen-bond acceptors (Lipinski definition) is 2. The minimum absolute atomic E-state index is 0.0260. The zero-order valence-corrected chi connectivity index (χ0v) is 10.0. The van der Waals surface area contributed by atoms with Crippen molar-refractivity contribution < 1.29 is 9.18 Å². The summed E-state index contributed by atoms with van der Waals surface area (Å²) in [6.45, 7) is 1.92. The van der Waals surface area contributed by atoms with Gasteiger partial charge < -0.3 is 0 Å². The number of halogens is 2. The molecule has 0 fully saturated rings. The first-order chi connectivity index (χ1) is 7.58. The van der Waals surface area contributed by atoms with E-state index >= 15 is 0 Å². The highest BCUT2D eigenvalue weighted by molar-refractivity contribution is 7.10. The number of rotatable bonds is 2. The van der Waals surface area contributed by atoms with Crippen LogP contribution >= 0.6 is 22.9 Å². The molecule has 0 radical (unpaired) electrons. The van der Waals surface area contributed by atoms with Crippen LogP contribution in [0, 0.1) is 12.7 Å². The first-order valence-electron chi connectivity index (χ1n) is 4.63. The predicted octanol–water partition coefficient (Wildman–Crippen LogP) is 4.08. The Hall–Kier alpha value is -1.19. The van der Waals surface area contributed by atoms with Gasteiger partial charge in [-0.2, -0.15) is 0 Å². The summed E-state index contributed by atoms with van der Waals surface area (Å²) in [7, 11) is 0. The summed E-state index contributed by atoms with van der Waals surface area (Å²) in [5.41, 5.74) is 0.906. The van der Waals surface area contributed by atoms with Gasteiger partial charge in [0.25, 0.3) is 0 Å². The van der Waals surface area contributed by atoms with Crippen LogP contribution in [0.4, 0.5) is 4.39 Å². The molecule has 0 N–H and O–H groups in total. The van der Waals surface area contributed by atoms with E-state index in [2.05, 4.69) is 0 Å². The highest BCUT2D eigenvalue weighted by atomic mass is 35.5. The third-order valence-corrected chi connectivity index (χ3v) is 3.34. The number of carbonyl (C=O) groups excluding carboxylic acids is 1. The van der Waals surface area contributed by atoms with Gasteiger partial charge in [0.15, 0.2) is 5.78 Å². The van der Waals surface area contributed by atoms with E-state index in [0.717, 1.165) is 10.9 Å². The minimum Gasteiger partial charge on any atom is -0.289 e. The van der Waals surface area contributed by atoms with Crippen molar-refractivity contribution in [1.29, 1.82) is 0 Å². The Labute approximate surface area is 101 Å². The van der Waals surface area contributed by atoms with Crippen molar-refractivity contribution in [3.8, 4) is 0 Å². The third kappa shape index (κ3) is 2.15. The smallest absolute Gasteiger partial charge is 0.193 e. The monoisotopic (exact) mass is 254 g/mol. The lowest BCUT2D eigenvalue weighted by molar-refractivity contribution is 0.103. The van der Waals surface area contributed by atoms with E-state index < -0.39 is 5.82 Å². The van der Waals surface area contributed by atoms with Gasteiger partial charge in [0, 0.05) is 21.4 Å². The lowest BCUT2D eigenvalue weighted by atomic mass is 10.1. The van der Waals surface area contributed by atoms with Gasteiger partial charge in [-0.05, 0) is 31.2 Å². The number of aryl methyl sites for hydroxylation is 1. The van der Waals surface area contributed by atoms with E-state index in [-0.39, 0.29) is 10.8 Å². The molecule has 0 saturated heterocycles. The molecule has 0 unspecified atom stereocenters. The topological polar surface area (TPSA) is 17.1 Å². The molecule has 0 spiro atoms. The van der Waals surface area contributed by atoms with E-state index in [1.807, 2.05) is 6.92 Å². The maximum atomic E-state index is 13.2. The molecule has 0 aliphatic heterocycles. The molecule has 2 aromatic rings. The molecule has 2 rings (SSSR count). The van der Waals surface area contributed by atoms with Crippen molar-refractivity contribution in [2.45, 2.75) is 6.92 Å². The summed E-state index contributed by atoms with van der Waals surface area (Å²) in [6, 6.07) is 5.88. The maximum Gasteiger partial charge on any atom is 0.193 e. The maximum absolute atomic E-state index is 13.2. The molecule has 1 nitrogen and oxygen atoms in total. The lowest BCUT2D eigenvalue weighted by Gasteiger charge is -1.99. The average Bonchev–Trinajstić information content (AvgIpc) is 2.68. The van der Waals surface area contributed by atoms with Gasteiger partial charge >= 0.3 is 0 Å². The molecule has 1 aromatic heterocycles. The Morgan fingerprint density at radius 3 is 2.62 bits per heavy atom. The van der Waals surface area contributed by atoms with Crippen molar-refractivity contribution >= 4 is 28.7 Å². The fraction of sp³-hybridized carbons (Fsp3) is 0.0833. The Morgan fingerprint density at radius 1 is 1.31 bits per heavy atom. The van der Waals surface area contributed by atoms with Crippen LogP contribution in [0.25, 0.3) is 0 Å². The number of ketones is 1. The molecule has 0 atom stereocenters. The van der Waals surface area contributed by atoms with Crippen molar-refractivity contribution in [2.75, 3.05) is 0 Å². The van der Waals surface area contributed by atoms with Gasteiger partial charge in [0.2, 0.25) is 0 Å². The Bertz CT molecular complexity index is 548. The van der Waals surface area contributed by atoms with Gasteiger partial charge in [0.1, 0.15) is 5.82 Å². The zero-order chi connectivity index (χ0) is 11.7. The summed E-state index contributed by atoms with van der Waals surface area (Å²) < 4.78 is 13.2. The van der Waals surface area contributed by atoms with Crippen molar-refractivity contribution in [2.24, 2.45) is 0 Å². The van der Waals surface area contributed by atoms with Crippen molar-refractivity contribution in [3.05, 3.63) is 56.5 Å². The van der Waals surface area contributed by atoms with Crippen molar-refractivity contribution in [3.63, 3.8) is 0 Å². The van der Waals surface area contributed by atoms with Crippen LogP contribution in [0.5, 0.6) is 0 Å². The molecular formula is C12H8ClFOS. The van der Waals surface area contributed by atoms with Crippen LogP contribution in [0.3, 0.4) is 0 Å². The van der Waals surface area contributed by atoms with Gasteiger partial charge in [-0.25, -0.2) is 4.39 Å². The molecule has 16 heavy (non-hydrogen) atoms. The quantitative estimate of drug-likeness (QED) is 0.738. The van der Waals surface area contributed by atoms with E-state index in [4.69, 9.17) is 11.6 Å². The van der Waals surface area contributed by atoms with E-state index in [0.29, 0.717) is 11.1 Å². The first-order valence-corrected chi connectivity index (χ1v) is 5.88. The van der Waals surface area contributed by atoms with Crippen LogP contribution in [0.15, 0.2) is 29.6 Å². The average molecular weight is 255 g/mol. The van der Waals surface area contributed by atoms with Gasteiger partial charge in [-0.1, -0.05) is 11.6 Å². The minimum atomic E-state index is -0.570. The Balaban J connectivity index is 2.38. The fourth-order valence-corrected chi connectivity index (χ4v) is 2.17. The second kappa shape index (κ2) is 4.36. The molecule has 1 aromatic carbocycles. The van der Waals surface area contributed by atoms with Gasteiger partial charge in [-0.15, -0.1) is 11.3 Å². The summed E-state index contributed by atoms with van der Waals surface area (Å²) in [5.74, 6) is -0.751. The fourth-order valence-electron chi connectivity index (χ4n) is 1.37. The zero-order valence-electron chi connectivity index (χ0n) is 8.46. The van der Waals surface area contributed by atoms with Gasteiger partial charge in [0.05, 0.1) is 5.02 Å². The molecule has 0 aliphatic rings. The third-order valence-electron chi connectivity index (χ3n) is 2.17. The number of thiophene rings is 1. The summed E-state index contributed by atoms with van der Waals surface area (Å²) in [6.07, 6.45) is 0. The molecule has 0 aliphatic carbocycles. The molecule has 0 saturated carbocycles. The second-order valence-electron chi connectivity index (χ2n) is 3.40. The highest BCUT2D eigenvalue weighted by Crippen LogP contribution is 2.20. The van der Waals surface area contributed by atoms with E-state index in [1.165, 1.54) is 23.5 Å². The first kappa shape index (κ1) is 11.3. The number of benzene rings is 1.